The number of nitrogens with one attached hydrogen (secondary N) is 1. The maximum absolute atomic E-state index is 13.7. The second-order valence-electron chi connectivity index (χ2n) is 4.59. The zero-order valence-electron chi connectivity index (χ0n) is 11.6. The average molecular weight is 269 g/mol. The molecule has 0 bridgehead atoms. The van der Waals surface area contributed by atoms with E-state index in [1.807, 2.05) is 13.8 Å². The summed E-state index contributed by atoms with van der Waals surface area (Å²) in [5, 5.41) is 2.61. The van der Waals surface area contributed by atoms with E-state index in [0.717, 1.165) is 0 Å². The zero-order valence-corrected chi connectivity index (χ0v) is 11.6. The van der Waals surface area contributed by atoms with Crippen molar-refractivity contribution in [3.05, 3.63) is 35.6 Å². The molecule has 4 nitrogen and oxygen atoms in total. The Kier molecular flexibility index (Phi) is 5.76. The van der Waals surface area contributed by atoms with Crippen LogP contribution in [0.1, 0.15) is 32.4 Å². The fourth-order valence-corrected chi connectivity index (χ4v) is 1.78. The van der Waals surface area contributed by atoms with Crippen LogP contribution in [-0.4, -0.2) is 25.3 Å². The lowest BCUT2D eigenvalue weighted by molar-refractivity contribution is -0.0170. The van der Waals surface area contributed by atoms with Crippen LogP contribution >= 0.6 is 0 Å². The zero-order chi connectivity index (χ0) is 14.4. The molecule has 5 heteroatoms. The van der Waals surface area contributed by atoms with E-state index in [2.05, 4.69) is 5.32 Å². The number of carbonyl (C=O) groups is 1. The molecule has 1 N–H and O–H groups in total. The van der Waals surface area contributed by atoms with Crippen LogP contribution in [0, 0.1) is 5.82 Å². The van der Waals surface area contributed by atoms with Crippen molar-refractivity contribution in [1.82, 2.24) is 5.32 Å². The predicted octanol–water partition coefficient (Wildman–Crippen LogP) is 3.04. The van der Waals surface area contributed by atoms with E-state index >= 15 is 0 Å². The van der Waals surface area contributed by atoms with E-state index in [9.17, 15) is 9.18 Å². The van der Waals surface area contributed by atoms with E-state index in [4.69, 9.17) is 9.47 Å². The molecule has 0 aliphatic heterocycles. The van der Waals surface area contributed by atoms with Crippen molar-refractivity contribution in [2.24, 2.45) is 0 Å². The third kappa shape index (κ3) is 4.52. The van der Waals surface area contributed by atoms with E-state index in [-0.39, 0.29) is 11.9 Å². The molecule has 19 heavy (non-hydrogen) atoms. The molecular formula is C14H20FNO3. The molecular weight excluding hydrogens is 249 g/mol. The minimum atomic E-state index is -0.640. The maximum atomic E-state index is 13.7. The monoisotopic (exact) mass is 269 g/mol. The molecule has 0 fully saturated rings. The summed E-state index contributed by atoms with van der Waals surface area (Å²) in [6.07, 6.45) is -1.78. The summed E-state index contributed by atoms with van der Waals surface area (Å²) in [5.74, 6) is -0.380. The van der Waals surface area contributed by atoms with Crippen molar-refractivity contribution in [1.29, 1.82) is 0 Å². The van der Waals surface area contributed by atoms with Gasteiger partial charge in [-0.05, 0) is 26.8 Å². The number of ether oxygens (including phenoxy) is 2. The van der Waals surface area contributed by atoms with Gasteiger partial charge in [-0.2, -0.15) is 0 Å². The molecule has 1 rings (SSSR count). The van der Waals surface area contributed by atoms with E-state index < -0.39 is 18.3 Å². The Bertz CT molecular complexity index is 423. The van der Waals surface area contributed by atoms with Gasteiger partial charge in [0.2, 0.25) is 0 Å². The van der Waals surface area contributed by atoms with Gasteiger partial charge in [0.1, 0.15) is 18.0 Å². The van der Waals surface area contributed by atoms with E-state index in [1.165, 1.54) is 13.2 Å². The molecule has 1 aromatic rings. The summed E-state index contributed by atoms with van der Waals surface area (Å²) in [6, 6.07) is 6.26. The molecule has 0 heterocycles. The molecule has 106 valence electrons. The number of benzene rings is 1. The lowest BCUT2D eigenvalue weighted by atomic mass is 10.0. The molecule has 1 amide bonds. The van der Waals surface area contributed by atoms with Gasteiger partial charge in [-0.15, -0.1) is 0 Å². The Balaban J connectivity index is 2.75. The summed E-state index contributed by atoms with van der Waals surface area (Å²) in [5.41, 5.74) is 0.370. The second-order valence-corrected chi connectivity index (χ2v) is 4.59. The fraction of sp³-hybridized carbons (Fsp3) is 0.500. The second kappa shape index (κ2) is 7.09. The molecule has 0 saturated heterocycles. The molecule has 0 aromatic heterocycles. The van der Waals surface area contributed by atoms with Crippen LogP contribution < -0.4 is 5.32 Å². The van der Waals surface area contributed by atoms with Crippen molar-refractivity contribution in [3.63, 3.8) is 0 Å². The van der Waals surface area contributed by atoms with Crippen molar-refractivity contribution in [2.45, 2.75) is 39.0 Å². The first kappa shape index (κ1) is 15.4. The smallest absolute Gasteiger partial charge is 0.407 e. The van der Waals surface area contributed by atoms with Gasteiger partial charge >= 0.3 is 6.09 Å². The topological polar surface area (TPSA) is 47.6 Å². The van der Waals surface area contributed by atoms with Gasteiger partial charge in [0.25, 0.3) is 0 Å². The van der Waals surface area contributed by atoms with Crippen LogP contribution in [0.15, 0.2) is 24.3 Å². The summed E-state index contributed by atoms with van der Waals surface area (Å²) in [4.78, 5) is 11.5. The molecule has 0 saturated carbocycles. The first-order valence-electron chi connectivity index (χ1n) is 6.20. The van der Waals surface area contributed by atoms with Crippen LogP contribution in [-0.2, 0) is 9.47 Å². The van der Waals surface area contributed by atoms with Crippen molar-refractivity contribution in [3.8, 4) is 0 Å². The third-order valence-corrected chi connectivity index (χ3v) is 2.59. The number of amides is 1. The van der Waals surface area contributed by atoms with Crippen LogP contribution in [0.2, 0.25) is 0 Å². The Morgan fingerprint density at radius 2 is 1.89 bits per heavy atom. The normalized spacial score (nSPS) is 14.0. The summed E-state index contributed by atoms with van der Waals surface area (Å²) < 4.78 is 24.1. The molecule has 2 unspecified atom stereocenters. The number of hydrogen-bond donors (Lipinski definition) is 1. The standard InChI is InChI=1S/C14H20FNO3/c1-9(2)16-14(17)19-10(3)13(18-4)11-7-5-6-8-12(11)15/h5-10,13H,1-4H3,(H,16,17). The number of hydrogen-bond acceptors (Lipinski definition) is 3. The van der Waals surface area contributed by atoms with E-state index in [0.29, 0.717) is 5.56 Å². The van der Waals surface area contributed by atoms with Gasteiger partial charge in [-0.1, -0.05) is 18.2 Å². The minimum Gasteiger partial charge on any atom is -0.443 e. The molecule has 0 radical (unpaired) electrons. The van der Waals surface area contributed by atoms with Gasteiger partial charge in [0.15, 0.2) is 0 Å². The maximum Gasteiger partial charge on any atom is 0.407 e. The number of methoxy groups -OCH3 is 1. The first-order chi connectivity index (χ1) is 8.95. The lowest BCUT2D eigenvalue weighted by Gasteiger charge is -2.24. The van der Waals surface area contributed by atoms with Crippen molar-refractivity contribution >= 4 is 6.09 Å². The molecule has 0 aliphatic carbocycles. The lowest BCUT2D eigenvalue weighted by Crippen LogP contribution is -2.35. The van der Waals surface area contributed by atoms with Crippen molar-refractivity contribution < 1.29 is 18.7 Å². The quantitative estimate of drug-likeness (QED) is 0.893. The SMILES string of the molecule is COC(c1ccccc1F)C(C)OC(=O)NC(C)C. The molecule has 0 spiro atoms. The number of rotatable bonds is 5. The third-order valence-electron chi connectivity index (χ3n) is 2.59. The van der Waals surface area contributed by atoms with Crippen LogP contribution in [0.3, 0.4) is 0 Å². The van der Waals surface area contributed by atoms with Gasteiger partial charge in [0.05, 0.1) is 0 Å². The van der Waals surface area contributed by atoms with Crippen LogP contribution in [0.4, 0.5) is 9.18 Å². The average Bonchev–Trinajstić information content (AvgIpc) is 2.31. The Morgan fingerprint density at radius 3 is 2.42 bits per heavy atom. The fourth-order valence-electron chi connectivity index (χ4n) is 1.78. The summed E-state index contributed by atoms with van der Waals surface area (Å²) in [6.45, 7) is 5.33. The van der Waals surface area contributed by atoms with E-state index in [1.54, 1.807) is 25.1 Å². The Labute approximate surface area is 112 Å². The predicted molar refractivity (Wildman–Crippen MR) is 70.4 cm³/mol. The van der Waals surface area contributed by atoms with Gasteiger partial charge in [-0.3, -0.25) is 0 Å². The number of halogens is 1. The molecule has 1 aromatic carbocycles. The highest BCUT2D eigenvalue weighted by Gasteiger charge is 2.25. The van der Waals surface area contributed by atoms with Gasteiger partial charge < -0.3 is 14.8 Å². The molecule has 0 aliphatic rings. The number of alkyl carbamates (subject to hydrolysis) is 1. The highest BCUT2D eigenvalue weighted by atomic mass is 19.1. The minimum absolute atomic E-state index is 0.0193. The highest BCUT2D eigenvalue weighted by Crippen LogP contribution is 2.25. The largest absolute Gasteiger partial charge is 0.443 e. The van der Waals surface area contributed by atoms with Gasteiger partial charge in [0, 0.05) is 18.7 Å². The van der Waals surface area contributed by atoms with Crippen molar-refractivity contribution in [2.75, 3.05) is 7.11 Å². The van der Waals surface area contributed by atoms with Gasteiger partial charge in [-0.25, -0.2) is 9.18 Å². The first-order valence-corrected chi connectivity index (χ1v) is 6.20. The summed E-state index contributed by atoms with van der Waals surface area (Å²) in [7, 11) is 1.46. The number of carbonyl (C=O) groups excluding carboxylic acids is 1. The Morgan fingerprint density at radius 1 is 1.26 bits per heavy atom. The van der Waals surface area contributed by atoms with Crippen LogP contribution in [0.5, 0.6) is 0 Å². The van der Waals surface area contributed by atoms with Crippen LogP contribution in [0.25, 0.3) is 0 Å². The highest BCUT2D eigenvalue weighted by molar-refractivity contribution is 5.67. The summed E-state index contributed by atoms with van der Waals surface area (Å²) >= 11 is 0. The molecule has 2 atom stereocenters. The Hall–Kier alpha value is -1.62.